The predicted molar refractivity (Wildman–Crippen MR) is 120 cm³/mol. The van der Waals surface area contributed by atoms with E-state index in [4.69, 9.17) is 27.9 Å². The second-order valence-corrected chi connectivity index (χ2v) is 8.44. The van der Waals surface area contributed by atoms with E-state index >= 15 is 0 Å². The lowest BCUT2D eigenvalue weighted by Crippen LogP contribution is -2.43. The molecule has 1 atom stereocenters. The Bertz CT molecular complexity index is 927. The lowest BCUT2D eigenvalue weighted by Gasteiger charge is -2.25. The number of carbonyl (C=O) groups excluding carboxylic acids is 2. The third-order valence-electron chi connectivity index (χ3n) is 5.35. The Balaban J connectivity index is 1.70. The summed E-state index contributed by atoms with van der Waals surface area (Å²) < 4.78 is 5.69. The summed E-state index contributed by atoms with van der Waals surface area (Å²) in [6.45, 7) is 5.00. The second-order valence-electron chi connectivity index (χ2n) is 7.63. The molecule has 7 heteroatoms. The molecule has 0 aliphatic carbocycles. The first kappa shape index (κ1) is 22.6. The summed E-state index contributed by atoms with van der Waals surface area (Å²) in [5.74, 6) is -0.385. The van der Waals surface area contributed by atoms with Gasteiger partial charge in [0.15, 0.2) is 0 Å². The van der Waals surface area contributed by atoms with Gasteiger partial charge in [0, 0.05) is 18.8 Å². The maximum Gasteiger partial charge on any atom is 0.244 e. The molecular weight excluding hydrogens is 423 g/mol. The van der Waals surface area contributed by atoms with Crippen molar-refractivity contribution in [2.24, 2.45) is 0 Å². The zero-order valence-electron chi connectivity index (χ0n) is 17.2. The molecule has 2 aromatic carbocycles. The number of hydrogen-bond acceptors (Lipinski definition) is 3. The fourth-order valence-electron chi connectivity index (χ4n) is 3.47. The van der Waals surface area contributed by atoms with Crippen LogP contribution in [-0.4, -0.2) is 42.5 Å². The van der Waals surface area contributed by atoms with E-state index in [1.54, 1.807) is 23.1 Å². The minimum absolute atomic E-state index is 0.0343. The van der Waals surface area contributed by atoms with Gasteiger partial charge in [-0.25, -0.2) is 0 Å². The number of rotatable bonds is 7. The van der Waals surface area contributed by atoms with Crippen molar-refractivity contribution < 1.29 is 14.3 Å². The van der Waals surface area contributed by atoms with Crippen LogP contribution in [0.1, 0.15) is 29.5 Å². The van der Waals surface area contributed by atoms with Gasteiger partial charge in [-0.15, -0.1) is 0 Å². The standard InChI is InChI=1S/C23H26Cl2N2O3/c1-15-5-3-7-21(16(15)2)26-22(28)14-27(13-18-6-4-10-30-18)23(29)12-17-8-9-19(24)20(25)11-17/h3,5,7-9,11,18H,4,6,10,12-14H2,1-2H3,(H,26,28). The van der Waals surface area contributed by atoms with Gasteiger partial charge >= 0.3 is 0 Å². The fraction of sp³-hybridized carbons (Fsp3) is 0.391. The van der Waals surface area contributed by atoms with Gasteiger partial charge in [-0.3, -0.25) is 9.59 Å². The number of hydrogen-bond donors (Lipinski definition) is 1. The lowest BCUT2D eigenvalue weighted by atomic mass is 10.1. The zero-order valence-corrected chi connectivity index (χ0v) is 18.7. The molecule has 30 heavy (non-hydrogen) atoms. The molecule has 2 aromatic rings. The summed E-state index contributed by atoms with van der Waals surface area (Å²) in [5.41, 5.74) is 3.62. The highest BCUT2D eigenvalue weighted by atomic mass is 35.5. The normalized spacial score (nSPS) is 15.8. The summed E-state index contributed by atoms with van der Waals surface area (Å²) in [6.07, 6.45) is 1.94. The summed E-state index contributed by atoms with van der Waals surface area (Å²) >= 11 is 12.0. The van der Waals surface area contributed by atoms with E-state index in [9.17, 15) is 9.59 Å². The van der Waals surface area contributed by atoms with Crippen molar-refractivity contribution in [2.75, 3.05) is 25.0 Å². The molecule has 2 amide bonds. The molecule has 5 nitrogen and oxygen atoms in total. The molecule has 1 aliphatic rings. The molecule has 160 valence electrons. The van der Waals surface area contributed by atoms with Gasteiger partial charge in [0.25, 0.3) is 0 Å². The highest BCUT2D eigenvalue weighted by Crippen LogP contribution is 2.23. The molecule has 1 aliphatic heterocycles. The molecule has 1 unspecified atom stereocenters. The van der Waals surface area contributed by atoms with E-state index < -0.39 is 0 Å². The first-order valence-corrected chi connectivity index (χ1v) is 10.8. The number of carbonyl (C=O) groups is 2. The number of ether oxygens (including phenoxy) is 1. The fourth-order valence-corrected chi connectivity index (χ4v) is 3.79. The summed E-state index contributed by atoms with van der Waals surface area (Å²) in [5, 5.41) is 3.77. The van der Waals surface area contributed by atoms with Crippen molar-refractivity contribution in [1.82, 2.24) is 4.90 Å². The Kier molecular flexibility index (Phi) is 7.75. The quantitative estimate of drug-likeness (QED) is 0.661. The Morgan fingerprint density at radius 2 is 1.97 bits per heavy atom. The van der Waals surface area contributed by atoms with Crippen LogP contribution in [0.15, 0.2) is 36.4 Å². The molecule has 0 radical (unpaired) electrons. The smallest absolute Gasteiger partial charge is 0.244 e. The Labute approximate surface area is 187 Å². The molecule has 0 saturated carbocycles. The van der Waals surface area contributed by atoms with Crippen LogP contribution in [0.5, 0.6) is 0 Å². The molecule has 1 fully saturated rings. The third kappa shape index (κ3) is 5.97. The van der Waals surface area contributed by atoms with Crippen LogP contribution < -0.4 is 5.32 Å². The SMILES string of the molecule is Cc1cccc(NC(=O)CN(CC2CCCO2)C(=O)Cc2ccc(Cl)c(Cl)c2)c1C. The van der Waals surface area contributed by atoms with Crippen molar-refractivity contribution in [3.05, 3.63) is 63.1 Å². The summed E-state index contributed by atoms with van der Waals surface area (Å²) in [7, 11) is 0. The first-order valence-electron chi connectivity index (χ1n) is 10.0. The van der Waals surface area contributed by atoms with Crippen LogP contribution >= 0.6 is 23.2 Å². The topological polar surface area (TPSA) is 58.6 Å². The Morgan fingerprint density at radius 3 is 2.67 bits per heavy atom. The Hall–Kier alpha value is -2.08. The number of benzene rings is 2. The molecule has 0 spiro atoms. The van der Waals surface area contributed by atoms with E-state index in [2.05, 4.69) is 5.32 Å². The van der Waals surface area contributed by atoms with Gasteiger partial charge in [0.1, 0.15) is 0 Å². The average molecular weight is 449 g/mol. The van der Waals surface area contributed by atoms with Gasteiger partial charge in [-0.05, 0) is 61.6 Å². The van der Waals surface area contributed by atoms with E-state index in [0.717, 1.165) is 35.2 Å². The van der Waals surface area contributed by atoms with Crippen LogP contribution in [0.25, 0.3) is 0 Å². The lowest BCUT2D eigenvalue weighted by molar-refractivity contribution is -0.135. The maximum atomic E-state index is 13.0. The number of amides is 2. The van der Waals surface area contributed by atoms with E-state index in [1.807, 2.05) is 32.0 Å². The Morgan fingerprint density at radius 1 is 1.17 bits per heavy atom. The van der Waals surface area contributed by atoms with Crippen LogP contribution in [0.4, 0.5) is 5.69 Å². The second kappa shape index (κ2) is 10.3. The van der Waals surface area contributed by atoms with Crippen molar-refractivity contribution in [1.29, 1.82) is 0 Å². The van der Waals surface area contributed by atoms with Crippen LogP contribution in [0.2, 0.25) is 10.0 Å². The molecular formula is C23H26Cl2N2O3. The van der Waals surface area contributed by atoms with Crippen molar-refractivity contribution in [3.8, 4) is 0 Å². The minimum Gasteiger partial charge on any atom is -0.376 e. The van der Waals surface area contributed by atoms with Crippen LogP contribution in [0, 0.1) is 13.8 Å². The van der Waals surface area contributed by atoms with E-state index in [-0.39, 0.29) is 30.9 Å². The van der Waals surface area contributed by atoms with Crippen molar-refractivity contribution in [3.63, 3.8) is 0 Å². The molecule has 0 bridgehead atoms. The van der Waals surface area contributed by atoms with E-state index in [0.29, 0.717) is 23.2 Å². The van der Waals surface area contributed by atoms with Gasteiger partial charge in [-0.2, -0.15) is 0 Å². The van der Waals surface area contributed by atoms with Crippen LogP contribution in [0.3, 0.4) is 0 Å². The number of nitrogens with zero attached hydrogens (tertiary/aromatic N) is 1. The molecule has 1 N–H and O–H groups in total. The minimum atomic E-state index is -0.232. The first-order chi connectivity index (χ1) is 14.3. The zero-order chi connectivity index (χ0) is 21.7. The largest absolute Gasteiger partial charge is 0.376 e. The number of anilines is 1. The van der Waals surface area contributed by atoms with E-state index in [1.165, 1.54) is 0 Å². The van der Waals surface area contributed by atoms with Gasteiger partial charge in [0.05, 0.1) is 29.1 Å². The number of nitrogens with one attached hydrogen (secondary N) is 1. The highest BCUT2D eigenvalue weighted by molar-refractivity contribution is 6.42. The summed E-state index contributed by atoms with van der Waals surface area (Å²) in [6, 6.07) is 10.9. The van der Waals surface area contributed by atoms with Crippen molar-refractivity contribution in [2.45, 2.75) is 39.2 Å². The molecule has 1 saturated heterocycles. The predicted octanol–water partition coefficient (Wildman–Crippen LogP) is 4.80. The van der Waals surface area contributed by atoms with Gasteiger partial charge < -0.3 is 15.0 Å². The third-order valence-corrected chi connectivity index (χ3v) is 6.09. The highest BCUT2D eigenvalue weighted by Gasteiger charge is 2.25. The van der Waals surface area contributed by atoms with Gasteiger partial charge in [0.2, 0.25) is 11.8 Å². The molecule has 0 aromatic heterocycles. The number of aryl methyl sites for hydroxylation is 1. The van der Waals surface area contributed by atoms with Crippen LogP contribution in [-0.2, 0) is 20.7 Å². The molecule has 3 rings (SSSR count). The van der Waals surface area contributed by atoms with Crippen molar-refractivity contribution >= 4 is 40.7 Å². The molecule has 1 heterocycles. The average Bonchev–Trinajstić information content (AvgIpc) is 3.21. The van der Waals surface area contributed by atoms with Gasteiger partial charge in [-0.1, -0.05) is 41.4 Å². The maximum absolute atomic E-state index is 13.0. The number of halogens is 2. The summed E-state index contributed by atoms with van der Waals surface area (Å²) in [4.78, 5) is 27.3. The monoisotopic (exact) mass is 448 g/mol.